The molecule has 0 aromatic carbocycles. The predicted octanol–water partition coefficient (Wildman–Crippen LogP) is 1.58. The number of hydrogen-bond donors (Lipinski definition) is 0. The Morgan fingerprint density at radius 1 is 1.42 bits per heavy atom. The van der Waals surface area contributed by atoms with Crippen molar-refractivity contribution < 1.29 is 4.79 Å². The summed E-state index contributed by atoms with van der Waals surface area (Å²) >= 11 is 0. The fourth-order valence-corrected chi connectivity index (χ4v) is 2.52. The van der Waals surface area contributed by atoms with Gasteiger partial charge in [-0.05, 0) is 19.8 Å². The summed E-state index contributed by atoms with van der Waals surface area (Å²) in [5.74, 6) is 2.21. The van der Waals surface area contributed by atoms with Crippen molar-refractivity contribution in [1.29, 1.82) is 0 Å². The monoisotopic (exact) mass is 262 g/mol. The summed E-state index contributed by atoms with van der Waals surface area (Å²) in [5.41, 5.74) is 1.06. The Hall–Kier alpha value is -1.65. The van der Waals surface area contributed by atoms with Gasteiger partial charge in [-0.2, -0.15) is 0 Å². The first-order valence-corrected chi connectivity index (χ1v) is 6.76. The molecule has 1 aromatic rings. The van der Waals surface area contributed by atoms with Gasteiger partial charge in [-0.15, -0.1) is 0 Å². The number of hydrogen-bond acceptors (Lipinski definition) is 4. The van der Waals surface area contributed by atoms with Gasteiger partial charge in [-0.1, -0.05) is 0 Å². The first kappa shape index (κ1) is 13.8. The molecule has 0 bridgehead atoms. The van der Waals surface area contributed by atoms with Crippen molar-refractivity contribution in [2.24, 2.45) is 0 Å². The highest BCUT2D eigenvalue weighted by atomic mass is 16.2. The fourth-order valence-electron chi connectivity index (χ4n) is 2.52. The molecule has 0 unspecified atom stereocenters. The van der Waals surface area contributed by atoms with E-state index in [0.29, 0.717) is 5.92 Å². The van der Waals surface area contributed by atoms with Gasteiger partial charge < -0.3 is 9.80 Å². The van der Waals surface area contributed by atoms with Gasteiger partial charge in [0.05, 0.1) is 5.69 Å². The number of carbonyl (C=O) groups is 1. The molecule has 1 fully saturated rings. The SMILES string of the molecule is CC(=O)N1CCC[C@@H](c2cc(N(C)C)nc(C)n2)C1. The minimum absolute atomic E-state index is 0.156. The van der Waals surface area contributed by atoms with E-state index in [9.17, 15) is 4.79 Å². The number of piperidine rings is 1. The molecule has 1 saturated heterocycles. The van der Waals surface area contributed by atoms with E-state index in [4.69, 9.17) is 0 Å². The van der Waals surface area contributed by atoms with Crippen LogP contribution in [0.5, 0.6) is 0 Å². The highest BCUT2D eigenvalue weighted by Gasteiger charge is 2.24. The molecule has 19 heavy (non-hydrogen) atoms. The minimum atomic E-state index is 0.156. The molecular formula is C14H22N4O. The van der Waals surface area contributed by atoms with Gasteiger partial charge in [-0.3, -0.25) is 4.79 Å². The zero-order valence-corrected chi connectivity index (χ0v) is 12.2. The third-order valence-electron chi connectivity index (χ3n) is 3.59. The van der Waals surface area contributed by atoms with Crippen LogP contribution in [0.4, 0.5) is 5.82 Å². The smallest absolute Gasteiger partial charge is 0.219 e. The minimum Gasteiger partial charge on any atom is -0.363 e. The molecule has 1 atom stereocenters. The molecule has 5 nitrogen and oxygen atoms in total. The van der Waals surface area contributed by atoms with E-state index in [2.05, 4.69) is 9.97 Å². The lowest BCUT2D eigenvalue weighted by molar-refractivity contribution is -0.130. The van der Waals surface area contributed by atoms with Crippen LogP contribution in [0.25, 0.3) is 0 Å². The first-order chi connectivity index (χ1) is 8.97. The van der Waals surface area contributed by atoms with E-state index in [0.717, 1.165) is 43.3 Å². The summed E-state index contributed by atoms with van der Waals surface area (Å²) in [7, 11) is 3.96. The van der Waals surface area contributed by atoms with Crippen molar-refractivity contribution in [3.8, 4) is 0 Å². The summed E-state index contributed by atoms with van der Waals surface area (Å²) in [6.45, 7) is 5.20. The van der Waals surface area contributed by atoms with Crippen LogP contribution in [-0.2, 0) is 4.79 Å². The topological polar surface area (TPSA) is 49.3 Å². The lowest BCUT2D eigenvalue weighted by Gasteiger charge is -2.32. The number of amides is 1. The quantitative estimate of drug-likeness (QED) is 0.812. The maximum Gasteiger partial charge on any atom is 0.219 e. The number of anilines is 1. The van der Waals surface area contributed by atoms with Crippen molar-refractivity contribution in [1.82, 2.24) is 14.9 Å². The van der Waals surface area contributed by atoms with E-state index < -0.39 is 0 Å². The molecule has 0 spiro atoms. The van der Waals surface area contributed by atoms with Crippen LogP contribution in [0.1, 0.15) is 37.2 Å². The number of likely N-dealkylation sites (tertiary alicyclic amines) is 1. The summed E-state index contributed by atoms with van der Waals surface area (Å²) in [4.78, 5) is 24.4. The van der Waals surface area contributed by atoms with Crippen molar-refractivity contribution in [3.63, 3.8) is 0 Å². The zero-order chi connectivity index (χ0) is 14.0. The Morgan fingerprint density at radius 3 is 2.79 bits per heavy atom. The van der Waals surface area contributed by atoms with Gasteiger partial charge >= 0.3 is 0 Å². The molecular weight excluding hydrogens is 240 g/mol. The zero-order valence-electron chi connectivity index (χ0n) is 12.2. The highest BCUT2D eigenvalue weighted by molar-refractivity contribution is 5.73. The number of aryl methyl sites for hydroxylation is 1. The van der Waals surface area contributed by atoms with Gasteiger partial charge in [-0.25, -0.2) is 9.97 Å². The van der Waals surface area contributed by atoms with Crippen LogP contribution in [0, 0.1) is 6.92 Å². The predicted molar refractivity (Wildman–Crippen MR) is 75.3 cm³/mol. The van der Waals surface area contributed by atoms with Crippen molar-refractivity contribution in [2.45, 2.75) is 32.6 Å². The Balaban J connectivity index is 2.23. The van der Waals surface area contributed by atoms with Gasteiger partial charge in [0, 0.05) is 46.1 Å². The van der Waals surface area contributed by atoms with E-state index in [-0.39, 0.29) is 5.91 Å². The Morgan fingerprint density at radius 2 is 2.16 bits per heavy atom. The molecule has 5 heteroatoms. The summed E-state index contributed by atoms with van der Waals surface area (Å²) in [5, 5.41) is 0. The lowest BCUT2D eigenvalue weighted by Crippen LogP contribution is -2.38. The third-order valence-corrected chi connectivity index (χ3v) is 3.59. The van der Waals surface area contributed by atoms with Crippen molar-refractivity contribution >= 4 is 11.7 Å². The Kier molecular flexibility index (Phi) is 4.02. The maximum atomic E-state index is 11.5. The van der Waals surface area contributed by atoms with Gasteiger partial charge in [0.2, 0.25) is 5.91 Å². The maximum absolute atomic E-state index is 11.5. The summed E-state index contributed by atoms with van der Waals surface area (Å²) in [6, 6.07) is 2.04. The number of rotatable bonds is 2. The standard InChI is InChI=1S/C14H22N4O/c1-10-15-13(8-14(16-10)17(3)4)12-6-5-7-18(9-12)11(2)19/h8,12H,5-7,9H2,1-4H3/t12-/m1/s1. The van der Waals surface area contributed by atoms with E-state index >= 15 is 0 Å². The molecule has 1 amide bonds. The molecule has 0 radical (unpaired) electrons. The van der Waals surface area contributed by atoms with E-state index in [1.165, 1.54) is 0 Å². The highest BCUT2D eigenvalue weighted by Crippen LogP contribution is 2.27. The molecule has 2 rings (SSSR count). The molecule has 0 N–H and O–H groups in total. The fraction of sp³-hybridized carbons (Fsp3) is 0.643. The van der Waals surface area contributed by atoms with Crippen LogP contribution in [-0.4, -0.2) is 48.0 Å². The first-order valence-electron chi connectivity index (χ1n) is 6.76. The second-order valence-electron chi connectivity index (χ2n) is 5.40. The summed E-state index contributed by atoms with van der Waals surface area (Å²) in [6.07, 6.45) is 2.14. The molecule has 1 aliphatic heterocycles. The second kappa shape index (κ2) is 5.55. The molecule has 2 heterocycles. The lowest BCUT2D eigenvalue weighted by atomic mass is 9.94. The van der Waals surface area contributed by atoms with Crippen LogP contribution in [0.15, 0.2) is 6.07 Å². The Labute approximate surface area is 114 Å². The van der Waals surface area contributed by atoms with E-state index in [1.807, 2.05) is 36.9 Å². The molecule has 1 aromatic heterocycles. The second-order valence-corrected chi connectivity index (χ2v) is 5.40. The van der Waals surface area contributed by atoms with Crippen molar-refractivity contribution in [3.05, 3.63) is 17.6 Å². The largest absolute Gasteiger partial charge is 0.363 e. The molecule has 1 aliphatic rings. The van der Waals surface area contributed by atoms with Crippen LogP contribution in [0.2, 0.25) is 0 Å². The van der Waals surface area contributed by atoms with E-state index in [1.54, 1.807) is 6.92 Å². The number of carbonyl (C=O) groups excluding carboxylic acids is 1. The Bertz CT molecular complexity index is 473. The molecule has 0 saturated carbocycles. The van der Waals surface area contributed by atoms with Crippen molar-refractivity contribution in [2.75, 3.05) is 32.1 Å². The number of nitrogens with zero attached hydrogens (tertiary/aromatic N) is 4. The van der Waals surface area contributed by atoms with Gasteiger partial charge in [0.25, 0.3) is 0 Å². The third kappa shape index (κ3) is 3.22. The normalized spacial score (nSPS) is 19.4. The van der Waals surface area contributed by atoms with Crippen LogP contribution < -0.4 is 4.90 Å². The molecule has 0 aliphatic carbocycles. The number of aromatic nitrogens is 2. The van der Waals surface area contributed by atoms with Gasteiger partial charge in [0.1, 0.15) is 11.6 Å². The average Bonchev–Trinajstić information content (AvgIpc) is 2.38. The molecule has 104 valence electrons. The van der Waals surface area contributed by atoms with Gasteiger partial charge in [0.15, 0.2) is 0 Å². The summed E-state index contributed by atoms with van der Waals surface area (Å²) < 4.78 is 0. The average molecular weight is 262 g/mol. The van der Waals surface area contributed by atoms with Crippen LogP contribution in [0.3, 0.4) is 0 Å². The van der Waals surface area contributed by atoms with Crippen LogP contribution >= 0.6 is 0 Å².